The Labute approximate surface area is 92.8 Å². The molecule has 0 amide bonds. The van der Waals surface area contributed by atoms with E-state index in [1.165, 1.54) is 5.56 Å². The Bertz CT molecular complexity index is 315. The van der Waals surface area contributed by atoms with Crippen LogP contribution in [0.5, 0.6) is 5.75 Å². The molecule has 1 heteroatoms. The van der Waals surface area contributed by atoms with Gasteiger partial charge in [0.25, 0.3) is 0 Å². The summed E-state index contributed by atoms with van der Waals surface area (Å²) < 4.78 is 5.71. The lowest BCUT2D eigenvalue weighted by Gasteiger charge is -2.14. The van der Waals surface area contributed by atoms with Crippen molar-refractivity contribution < 1.29 is 4.74 Å². The molecule has 0 aliphatic rings. The molecule has 0 saturated carbocycles. The molecule has 15 heavy (non-hydrogen) atoms. The molecule has 0 aliphatic carbocycles. The number of para-hydroxylation sites is 1. The van der Waals surface area contributed by atoms with E-state index in [2.05, 4.69) is 26.0 Å². The highest BCUT2D eigenvalue weighted by Gasteiger charge is 2.08. The first-order valence-electron chi connectivity index (χ1n) is 5.62. The van der Waals surface area contributed by atoms with Crippen LogP contribution in [0.1, 0.15) is 38.7 Å². The fourth-order valence-corrected chi connectivity index (χ4v) is 1.47. The highest BCUT2D eigenvalue weighted by Crippen LogP contribution is 2.28. The van der Waals surface area contributed by atoms with Crippen LogP contribution in [-0.2, 0) is 0 Å². The summed E-state index contributed by atoms with van der Waals surface area (Å²) in [6.45, 7) is 7.10. The Kier molecular flexibility index (Phi) is 4.96. The highest BCUT2D eigenvalue weighted by molar-refractivity contribution is 5.35. The maximum Gasteiger partial charge on any atom is 0.123 e. The minimum absolute atomic E-state index is 0.562. The van der Waals surface area contributed by atoms with Gasteiger partial charge < -0.3 is 4.74 Å². The lowest BCUT2D eigenvalue weighted by molar-refractivity contribution is 0.356. The molecular weight excluding hydrogens is 184 g/mol. The van der Waals surface area contributed by atoms with Crippen LogP contribution in [0.2, 0.25) is 0 Å². The van der Waals surface area contributed by atoms with Crippen LogP contribution in [0.15, 0.2) is 36.4 Å². The number of rotatable bonds is 5. The molecule has 0 fully saturated rings. The molecule has 0 heterocycles. The summed E-state index contributed by atoms with van der Waals surface area (Å²) in [7, 11) is 0. The van der Waals surface area contributed by atoms with Crippen molar-refractivity contribution in [1.29, 1.82) is 0 Å². The number of benzene rings is 1. The summed E-state index contributed by atoms with van der Waals surface area (Å²) in [5.74, 6) is 1.58. The van der Waals surface area contributed by atoms with E-state index in [0.717, 1.165) is 12.2 Å². The van der Waals surface area contributed by atoms with Crippen molar-refractivity contribution in [3.05, 3.63) is 42.0 Å². The average molecular weight is 204 g/mol. The van der Waals surface area contributed by atoms with Crippen molar-refractivity contribution in [2.45, 2.75) is 33.1 Å². The van der Waals surface area contributed by atoms with E-state index in [1.807, 2.05) is 31.2 Å². The molecular formula is C14H20O. The SMILES string of the molecule is C/C=C/COc1ccccc1C(C)CC. The molecule has 0 aromatic heterocycles. The highest BCUT2D eigenvalue weighted by atomic mass is 16.5. The molecule has 0 aliphatic heterocycles. The lowest BCUT2D eigenvalue weighted by atomic mass is 9.98. The predicted molar refractivity (Wildman–Crippen MR) is 65.5 cm³/mol. The Hall–Kier alpha value is -1.24. The van der Waals surface area contributed by atoms with Crippen molar-refractivity contribution in [3.8, 4) is 5.75 Å². The van der Waals surface area contributed by atoms with Gasteiger partial charge in [0.2, 0.25) is 0 Å². The topological polar surface area (TPSA) is 9.23 Å². The first-order valence-corrected chi connectivity index (χ1v) is 5.62. The lowest BCUT2D eigenvalue weighted by Crippen LogP contribution is -2.00. The second kappa shape index (κ2) is 6.28. The van der Waals surface area contributed by atoms with Crippen molar-refractivity contribution in [2.75, 3.05) is 6.61 Å². The predicted octanol–water partition coefficient (Wildman–Crippen LogP) is 4.16. The summed E-state index contributed by atoms with van der Waals surface area (Å²) >= 11 is 0. The third-order valence-corrected chi connectivity index (χ3v) is 2.63. The zero-order valence-electron chi connectivity index (χ0n) is 9.86. The van der Waals surface area contributed by atoms with Gasteiger partial charge in [-0.1, -0.05) is 44.2 Å². The maximum absolute atomic E-state index is 5.71. The van der Waals surface area contributed by atoms with Gasteiger partial charge in [-0.05, 0) is 30.9 Å². The standard InChI is InChI=1S/C14H20O/c1-4-6-11-15-14-10-8-7-9-13(14)12(3)5-2/h4,6-10,12H,5,11H2,1-3H3/b6-4+. The zero-order chi connectivity index (χ0) is 11.1. The van der Waals surface area contributed by atoms with Crippen molar-refractivity contribution in [2.24, 2.45) is 0 Å². The molecule has 1 nitrogen and oxygen atoms in total. The van der Waals surface area contributed by atoms with Gasteiger partial charge in [0.15, 0.2) is 0 Å². The second-order valence-electron chi connectivity index (χ2n) is 3.73. The van der Waals surface area contributed by atoms with E-state index in [1.54, 1.807) is 0 Å². The normalized spacial score (nSPS) is 13.0. The Morgan fingerprint density at radius 2 is 2.07 bits per heavy atom. The summed E-state index contributed by atoms with van der Waals surface area (Å²) in [4.78, 5) is 0. The van der Waals surface area contributed by atoms with Gasteiger partial charge in [-0.25, -0.2) is 0 Å². The third kappa shape index (κ3) is 3.43. The van der Waals surface area contributed by atoms with Crippen LogP contribution < -0.4 is 4.74 Å². The fourth-order valence-electron chi connectivity index (χ4n) is 1.47. The quantitative estimate of drug-likeness (QED) is 0.654. The van der Waals surface area contributed by atoms with Crippen LogP contribution in [-0.4, -0.2) is 6.61 Å². The number of hydrogen-bond donors (Lipinski definition) is 0. The van der Waals surface area contributed by atoms with E-state index >= 15 is 0 Å². The van der Waals surface area contributed by atoms with Crippen LogP contribution in [0.3, 0.4) is 0 Å². The van der Waals surface area contributed by atoms with Crippen LogP contribution in [0.25, 0.3) is 0 Å². The van der Waals surface area contributed by atoms with Crippen molar-refractivity contribution in [1.82, 2.24) is 0 Å². The van der Waals surface area contributed by atoms with Crippen LogP contribution in [0.4, 0.5) is 0 Å². The van der Waals surface area contributed by atoms with Gasteiger partial charge in [0.1, 0.15) is 12.4 Å². The first-order chi connectivity index (χ1) is 7.29. The molecule has 1 aromatic carbocycles. The summed E-state index contributed by atoms with van der Waals surface area (Å²) in [6, 6.07) is 8.30. The smallest absolute Gasteiger partial charge is 0.123 e. The average Bonchev–Trinajstić information content (AvgIpc) is 2.29. The molecule has 1 unspecified atom stereocenters. The van der Waals surface area contributed by atoms with E-state index in [4.69, 9.17) is 4.74 Å². The molecule has 1 atom stereocenters. The molecule has 0 radical (unpaired) electrons. The van der Waals surface area contributed by atoms with Gasteiger partial charge in [-0.2, -0.15) is 0 Å². The first kappa shape index (κ1) is 11.8. The largest absolute Gasteiger partial charge is 0.489 e. The number of ether oxygens (including phenoxy) is 1. The minimum atomic E-state index is 0.562. The van der Waals surface area contributed by atoms with E-state index in [9.17, 15) is 0 Å². The van der Waals surface area contributed by atoms with Crippen molar-refractivity contribution in [3.63, 3.8) is 0 Å². The molecule has 0 bridgehead atoms. The fraction of sp³-hybridized carbons (Fsp3) is 0.429. The van der Waals surface area contributed by atoms with Crippen LogP contribution >= 0.6 is 0 Å². The molecule has 0 spiro atoms. The number of hydrogen-bond acceptors (Lipinski definition) is 1. The van der Waals surface area contributed by atoms with Crippen molar-refractivity contribution >= 4 is 0 Å². The Morgan fingerprint density at radius 3 is 2.73 bits per heavy atom. The zero-order valence-corrected chi connectivity index (χ0v) is 9.86. The molecule has 1 aromatic rings. The molecule has 0 saturated heterocycles. The summed E-state index contributed by atoms with van der Waals surface area (Å²) in [5.41, 5.74) is 1.31. The second-order valence-corrected chi connectivity index (χ2v) is 3.73. The van der Waals surface area contributed by atoms with E-state index in [0.29, 0.717) is 12.5 Å². The Balaban J connectivity index is 2.76. The monoisotopic (exact) mass is 204 g/mol. The van der Waals surface area contributed by atoms with Crippen LogP contribution in [0, 0.1) is 0 Å². The molecule has 0 N–H and O–H groups in total. The van der Waals surface area contributed by atoms with Gasteiger partial charge >= 0.3 is 0 Å². The van der Waals surface area contributed by atoms with Gasteiger partial charge in [0.05, 0.1) is 0 Å². The molecule has 1 rings (SSSR count). The Morgan fingerprint density at radius 1 is 1.33 bits per heavy atom. The maximum atomic E-state index is 5.71. The van der Waals surface area contributed by atoms with E-state index < -0.39 is 0 Å². The summed E-state index contributed by atoms with van der Waals surface area (Å²) in [6.07, 6.45) is 5.17. The minimum Gasteiger partial charge on any atom is -0.489 e. The number of allylic oxidation sites excluding steroid dienone is 1. The van der Waals surface area contributed by atoms with E-state index in [-0.39, 0.29) is 0 Å². The van der Waals surface area contributed by atoms with Gasteiger partial charge in [-0.15, -0.1) is 0 Å². The molecule has 82 valence electrons. The van der Waals surface area contributed by atoms with Gasteiger partial charge in [-0.3, -0.25) is 0 Å². The summed E-state index contributed by atoms with van der Waals surface area (Å²) in [5, 5.41) is 0. The van der Waals surface area contributed by atoms with Gasteiger partial charge in [0, 0.05) is 0 Å². The third-order valence-electron chi connectivity index (χ3n) is 2.63.